The second-order valence-corrected chi connectivity index (χ2v) is 5.00. The number of oxazole rings is 1. The van der Waals surface area contributed by atoms with Crippen molar-refractivity contribution < 1.29 is 4.42 Å². The van der Waals surface area contributed by atoms with Crippen molar-refractivity contribution in [3.63, 3.8) is 0 Å². The number of H-pyrrole nitrogens is 1. The lowest BCUT2D eigenvalue weighted by atomic mass is 10.1. The Morgan fingerprint density at radius 1 is 1.28 bits per heavy atom. The van der Waals surface area contributed by atoms with Crippen LogP contribution in [-0.4, -0.2) is 29.5 Å². The Hall–Kier alpha value is -1.55. The number of nitrogens with zero attached hydrogens (tertiary/aromatic N) is 1. The van der Waals surface area contributed by atoms with Gasteiger partial charge in [0.25, 0.3) is 0 Å². The zero-order valence-electron chi connectivity index (χ0n) is 10.4. The highest BCUT2D eigenvalue weighted by Gasteiger charge is 2.10. The van der Waals surface area contributed by atoms with Gasteiger partial charge in [-0.05, 0) is 63.0 Å². The van der Waals surface area contributed by atoms with Crippen molar-refractivity contribution in [1.29, 1.82) is 0 Å². The van der Waals surface area contributed by atoms with Crippen molar-refractivity contribution >= 4 is 11.1 Å². The Morgan fingerprint density at radius 2 is 2.11 bits per heavy atom. The van der Waals surface area contributed by atoms with E-state index in [-0.39, 0.29) is 5.76 Å². The number of hydrogen-bond donors (Lipinski definition) is 1. The molecule has 0 aliphatic carbocycles. The molecule has 1 aliphatic rings. The Kier molecular flexibility index (Phi) is 3.19. The van der Waals surface area contributed by atoms with Crippen LogP contribution in [0, 0.1) is 0 Å². The monoisotopic (exact) mass is 246 g/mol. The molecule has 0 unspecified atom stereocenters. The van der Waals surface area contributed by atoms with Crippen LogP contribution in [0.1, 0.15) is 24.8 Å². The molecular weight excluding hydrogens is 228 g/mol. The van der Waals surface area contributed by atoms with Crippen LogP contribution in [0.4, 0.5) is 0 Å². The lowest BCUT2D eigenvalue weighted by Gasteiger charge is -2.13. The third kappa shape index (κ3) is 2.48. The predicted molar refractivity (Wildman–Crippen MR) is 70.8 cm³/mol. The molecule has 2 aromatic rings. The normalized spacial score (nSPS) is 16.7. The maximum Gasteiger partial charge on any atom is 0.417 e. The summed E-state index contributed by atoms with van der Waals surface area (Å²) in [5.74, 6) is -0.376. The second kappa shape index (κ2) is 4.98. The number of likely N-dealkylation sites (tertiary alicyclic amines) is 1. The van der Waals surface area contributed by atoms with E-state index in [1.54, 1.807) is 0 Å². The number of fused-ring (bicyclic) bond motifs is 1. The molecule has 1 N–H and O–H groups in total. The van der Waals surface area contributed by atoms with E-state index in [0.717, 1.165) is 11.9 Å². The zero-order chi connectivity index (χ0) is 12.4. The minimum atomic E-state index is -0.376. The number of aryl methyl sites for hydroxylation is 1. The number of aromatic nitrogens is 1. The molecular formula is C14H18N2O2. The molecule has 4 heteroatoms. The minimum absolute atomic E-state index is 0.376. The molecule has 2 heterocycles. The summed E-state index contributed by atoms with van der Waals surface area (Å²) in [4.78, 5) is 16.2. The fraction of sp³-hybridized carbons (Fsp3) is 0.500. The summed E-state index contributed by atoms with van der Waals surface area (Å²) in [7, 11) is 0. The average molecular weight is 246 g/mol. The Morgan fingerprint density at radius 3 is 2.94 bits per heavy atom. The van der Waals surface area contributed by atoms with Crippen LogP contribution in [0.2, 0.25) is 0 Å². The topological polar surface area (TPSA) is 49.2 Å². The van der Waals surface area contributed by atoms with Gasteiger partial charge in [0.15, 0.2) is 5.58 Å². The van der Waals surface area contributed by atoms with Gasteiger partial charge >= 0.3 is 5.76 Å². The molecule has 0 bridgehead atoms. The van der Waals surface area contributed by atoms with Crippen molar-refractivity contribution in [1.82, 2.24) is 9.88 Å². The molecule has 0 amide bonds. The van der Waals surface area contributed by atoms with Gasteiger partial charge in [0.1, 0.15) is 0 Å². The molecule has 0 saturated carbocycles. The van der Waals surface area contributed by atoms with Crippen LogP contribution in [-0.2, 0) is 6.42 Å². The van der Waals surface area contributed by atoms with E-state index in [4.69, 9.17) is 4.42 Å². The third-order valence-corrected chi connectivity index (χ3v) is 3.62. The van der Waals surface area contributed by atoms with Crippen LogP contribution < -0.4 is 5.76 Å². The molecule has 0 radical (unpaired) electrons. The number of aromatic amines is 1. The van der Waals surface area contributed by atoms with Gasteiger partial charge in [0, 0.05) is 0 Å². The van der Waals surface area contributed by atoms with Crippen LogP contribution >= 0.6 is 0 Å². The van der Waals surface area contributed by atoms with Gasteiger partial charge in [-0.1, -0.05) is 6.07 Å². The van der Waals surface area contributed by atoms with Gasteiger partial charge in [-0.25, -0.2) is 4.79 Å². The molecule has 1 saturated heterocycles. The zero-order valence-corrected chi connectivity index (χ0v) is 10.4. The average Bonchev–Trinajstić information content (AvgIpc) is 2.96. The summed E-state index contributed by atoms with van der Waals surface area (Å²) >= 11 is 0. The molecule has 4 nitrogen and oxygen atoms in total. The van der Waals surface area contributed by atoms with Gasteiger partial charge < -0.3 is 9.32 Å². The molecule has 0 spiro atoms. The summed E-state index contributed by atoms with van der Waals surface area (Å²) < 4.78 is 5.07. The first-order valence-electron chi connectivity index (χ1n) is 6.65. The third-order valence-electron chi connectivity index (χ3n) is 3.62. The minimum Gasteiger partial charge on any atom is -0.408 e. The maximum atomic E-state index is 11.1. The largest absolute Gasteiger partial charge is 0.417 e. The van der Waals surface area contributed by atoms with Crippen molar-refractivity contribution in [2.45, 2.75) is 25.7 Å². The molecule has 0 atom stereocenters. The first-order chi connectivity index (χ1) is 8.81. The molecule has 3 rings (SSSR count). The maximum absolute atomic E-state index is 11.1. The molecule has 1 aromatic carbocycles. The standard InChI is InChI=1S/C14H18N2O2/c17-14-15-12-6-5-11(10-13(12)18-14)4-3-9-16-7-1-2-8-16/h5-6,10H,1-4,7-9H2,(H,15,17). The number of hydrogen-bond acceptors (Lipinski definition) is 3. The molecule has 1 fully saturated rings. The first kappa shape index (κ1) is 11.5. The van der Waals surface area contributed by atoms with Crippen molar-refractivity contribution in [2.24, 2.45) is 0 Å². The number of rotatable bonds is 4. The Bertz CT molecular complexity index is 579. The Balaban J connectivity index is 1.61. The fourth-order valence-corrected chi connectivity index (χ4v) is 2.66. The fourth-order valence-electron chi connectivity index (χ4n) is 2.66. The lowest BCUT2D eigenvalue weighted by Crippen LogP contribution is -2.20. The van der Waals surface area contributed by atoms with Gasteiger partial charge in [-0.15, -0.1) is 0 Å². The molecule has 1 aromatic heterocycles. The Labute approximate surface area is 106 Å². The highest BCUT2D eigenvalue weighted by atomic mass is 16.4. The van der Waals surface area contributed by atoms with E-state index in [0.29, 0.717) is 5.58 Å². The van der Waals surface area contributed by atoms with Crippen LogP contribution in [0.15, 0.2) is 27.4 Å². The number of benzene rings is 1. The van der Waals surface area contributed by atoms with Gasteiger partial charge in [-0.2, -0.15) is 0 Å². The van der Waals surface area contributed by atoms with E-state index < -0.39 is 0 Å². The van der Waals surface area contributed by atoms with Crippen molar-refractivity contribution in [2.75, 3.05) is 19.6 Å². The molecule has 96 valence electrons. The summed E-state index contributed by atoms with van der Waals surface area (Å²) in [5, 5.41) is 0. The predicted octanol–water partition coefficient (Wildman–Crippen LogP) is 2.15. The van der Waals surface area contributed by atoms with Crippen LogP contribution in [0.5, 0.6) is 0 Å². The summed E-state index contributed by atoms with van der Waals surface area (Å²) in [6, 6.07) is 5.96. The van der Waals surface area contributed by atoms with Gasteiger partial charge in [-0.3, -0.25) is 4.98 Å². The molecule has 1 aliphatic heterocycles. The van der Waals surface area contributed by atoms with E-state index in [1.165, 1.54) is 44.5 Å². The van der Waals surface area contributed by atoms with E-state index in [9.17, 15) is 4.79 Å². The smallest absolute Gasteiger partial charge is 0.408 e. The van der Waals surface area contributed by atoms with Gasteiger partial charge in [0.2, 0.25) is 0 Å². The van der Waals surface area contributed by atoms with E-state index >= 15 is 0 Å². The van der Waals surface area contributed by atoms with Crippen molar-refractivity contribution in [3.8, 4) is 0 Å². The van der Waals surface area contributed by atoms with Gasteiger partial charge in [0.05, 0.1) is 5.52 Å². The lowest BCUT2D eigenvalue weighted by molar-refractivity contribution is 0.334. The van der Waals surface area contributed by atoms with E-state index in [2.05, 4.69) is 16.0 Å². The first-order valence-corrected chi connectivity index (χ1v) is 6.65. The number of nitrogens with one attached hydrogen (secondary N) is 1. The quantitative estimate of drug-likeness (QED) is 0.899. The highest BCUT2D eigenvalue weighted by Crippen LogP contribution is 2.14. The summed E-state index contributed by atoms with van der Waals surface area (Å²) in [5.41, 5.74) is 2.69. The second-order valence-electron chi connectivity index (χ2n) is 5.00. The summed E-state index contributed by atoms with van der Waals surface area (Å²) in [6.07, 6.45) is 4.91. The SMILES string of the molecule is O=c1[nH]c2ccc(CCCN3CCCC3)cc2o1. The van der Waals surface area contributed by atoms with Crippen LogP contribution in [0.3, 0.4) is 0 Å². The highest BCUT2D eigenvalue weighted by molar-refractivity contribution is 5.72. The van der Waals surface area contributed by atoms with E-state index in [1.807, 2.05) is 12.1 Å². The molecule has 18 heavy (non-hydrogen) atoms. The van der Waals surface area contributed by atoms with Crippen LogP contribution in [0.25, 0.3) is 11.1 Å². The van der Waals surface area contributed by atoms with Crippen molar-refractivity contribution in [3.05, 3.63) is 34.3 Å². The summed E-state index contributed by atoms with van der Waals surface area (Å²) in [6.45, 7) is 3.69.